The van der Waals surface area contributed by atoms with Gasteiger partial charge >= 0.3 is 6.09 Å². The molecule has 1 aromatic carbocycles. The molecule has 116 valence electrons. The van der Waals surface area contributed by atoms with Crippen molar-refractivity contribution in [1.82, 2.24) is 5.32 Å². The minimum absolute atomic E-state index is 0.575. The van der Waals surface area contributed by atoms with E-state index in [1.165, 1.54) is 0 Å². The molecule has 0 aliphatic rings. The van der Waals surface area contributed by atoms with Crippen LogP contribution in [0.1, 0.15) is 44.9 Å². The van der Waals surface area contributed by atoms with Crippen LogP contribution in [0.2, 0.25) is 0 Å². The molecule has 0 fully saturated rings. The second kappa shape index (κ2) is 7.11. The van der Waals surface area contributed by atoms with E-state index in [4.69, 9.17) is 9.47 Å². The average Bonchev–Trinajstić information content (AvgIpc) is 2.35. The Hall–Kier alpha value is -2.04. The summed E-state index contributed by atoms with van der Waals surface area (Å²) in [7, 11) is 0. The first-order valence-electron chi connectivity index (χ1n) is 6.95. The van der Waals surface area contributed by atoms with Crippen LogP contribution in [0.4, 0.5) is 4.79 Å². The molecule has 0 aliphatic heterocycles. The normalized spacial score (nSPS) is 12.4. The third kappa shape index (κ3) is 5.45. The molecule has 5 heteroatoms. The van der Waals surface area contributed by atoms with Gasteiger partial charge in [-0.25, -0.2) is 4.79 Å². The van der Waals surface area contributed by atoms with Crippen molar-refractivity contribution in [2.45, 2.75) is 46.3 Å². The smallest absolute Gasteiger partial charge is 0.408 e. The van der Waals surface area contributed by atoms with Crippen molar-refractivity contribution < 1.29 is 19.1 Å². The maximum absolute atomic E-state index is 11.8. The topological polar surface area (TPSA) is 64.6 Å². The van der Waals surface area contributed by atoms with E-state index in [0.29, 0.717) is 12.9 Å². The summed E-state index contributed by atoms with van der Waals surface area (Å²) in [5, 5.41) is 2.56. The van der Waals surface area contributed by atoms with E-state index >= 15 is 0 Å². The summed E-state index contributed by atoms with van der Waals surface area (Å²) in [6, 6.07) is 4.65. The number of carbonyl (C=O) groups excluding carboxylic acids is 2. The van der Waals surface area contributed by atoms with E-state index in [9.17, 15) is 9.59 Å². The van der Waals surface area contributed by atoms with Gasteiger partial charge in [0, 0.05) is 0 Å². The van der Waals surface area contributed by atoms with Gasteiger partial charge in [-0.1, -0.05) is 6.07 Å². The summed E-state index contributed by atoms with van der Waals surface area (Å²) in [6.07, 6.45) is 0.0694. The molecule has 1 amide bonds. The van der Waals surface area contributed by atoms with E-state index in [2.05, 4.69) is 5.32 Å². The van der Waals surface area contributed by atoms with Crippen LogP contribution in [0, 0.1) is 6.92 Å². The molecular weight excluding hydrogens is 270 g/mol. The predicted octanol–water partition coefficient (Wildman–Crippen LogP) is 3.16. The zero-order chi connectivity index (χ0) is 16.0. The molecule has 0 aliphatic carbocycles. The van der Waals surface area contributed by atoms with Gasteiger partial charge in [0.15, 0.2) is 0 Å². The van der Waals surface area contributed by atoms with Crippen LogP contribution >= 0.6 is 0 Å². The molecule has 0 saturated carbocycles. The lowest BCUT2D eigenvalue weighted by Crippen LogP contribution is -2.35. The average molecular weight is 293 g/mol. The van der Waals surface area contributed by atoms with Crippen LogP contribution in [-0.2, 0) is 9.53 Å². The summed E-state index contributed by atoms with van der Waals surface area (Å²) in [6.45, 7) is 9.65. The standard InChI is InChI=1S/C16H23NO4/c1-6-20-12-7-8-13(11(2)9-12)14(10-18)17-15(19)21-16(3,4)5/h7-10,14H,6H2,1-5H3,(H,17,19). The van der Waals surface area contributed by atoms with Crippen LogP contribution < -0.4 is 10.1 Å². The highest BCUT2D eigenvalue weighted by Gasteiger charge is 2.21. The zero-order valence-corrected chi connectivity index (χ0v) is 13.2. The Morgan fingerprint density at radius 3 is 2.52 bits per heavy atom. The summed E-state index contributed by atoms with van der Waals surface area (Å²) in [5.74, 6) is 0.737. The van der Waals surface area contributed by atoms with Crippen LogP contribution in [0.25, 0.3) is 0 Å². The third-order valence-corrected chi connectivity index (χ3v) is 2.70. The molecule has 0 aromatic heterocycles. The van der Waals surface area contributed by atoms with E-state index in [1.807, 2.05) is 19.9 Å². The molecule has 1 N–H and O–H groups in total. The van der Waals surface area contributed by atoms with Crippen molar-refractivity contribution >= 4 is 12.4 Å². The van der Waals surface area contributed by atoms with Crippen molar-refractivity contribution in [2.75, 3.05) is 6.61 Å². The number of rotatable bonds is 5. The zero-order valence-electron chi connectivity index (χ0n) is 13.2. The molecule has 0 heterocycles. The van der Waals surface area contributed by atoms with Crippen molar-refractivity contribution in [3.63, 3.8) is 0 Å². The molecule has 0 bridgehead atoms. The van der Waals surface area contributed by atoms with Crippen molar-refractivity contribution in [2.24, 2.45) is 0 Å². The quantitative estimate of drug-likeness (QED) is 0.847. The van der Waals surface area contributed by atoms with Crippen molar-refractivity contribution in [3.8, 4) is 5.75 Å². The molecule has 1 atom stereocenters. The number of carbonyl (C=O) groups is 2. The number of alkyl carbamates (subject to hydrolysis) is 1. The van der Waals surface area contributed by atoms with Crippen LogP contribution in [-0.4, -0.2) is 24.6 Å². The van der Waals surface area contributed by atoms with Gasteiger partial charge < -0.3 is 19.6 Å². The highest BCUT2D eigenvalue weighted by atomic mass is 16.6. The van der Waals surface area contributed by atoms with Gasteiger partial charge in [-0.2, -0.15) is 0 Å². The Labute approximate surface area is 125 Å². The fourth-order valence-corrected chi connectivity index (χ4v) is 1.87. The molecule has 5 nitrogen and oxygen atoms in total. The lowest BCUT2D eigenvalue weighted by Gasteiger charge is -2.22. The summed E-state index contributed by atoms with van der Waals surface area (Å²) < 4.78 is 10.6. The summed E-state index contributed by atoms with van der Waals surface area (Å²) in [4.78, 5) is 23.0. The first-order chi connectivity index (χ1) is 9.76. The monoisotopic (exact) mass is 293 g/mol. The molecule has 1 rings (SSSR count). The second-order valence-electron chi connectivity index (χ2n) is 5.71. The van der Waals surface area contributed by atoms with E-state index in [-0.39, 0.29) is 0 Å². The molecule has 0 spiro atoms. The maximum atomic E-state index is 11.8. The number of amides is 1. The number of aldehydes is 1. The summed E-state index contributed by atoms with van der Waals surface area (Å²) >= 11 is 0. The highest BCUT2D eigenvalue weighted by molar-refractivity contribution is 5.75. The molecule has 0 radical (unpaired) electrons. The van der Waals surface area contributed by atoms with Crippen LogP contribution in [0.3, 0.4) is 0 Å². The van der Waals surface area contributed by atoms with E-state index in [0.717, 1.165) is 16.9 Å². The second-order valence-corrected chi connectivity index (χ2v) is 5.71. The first-order valence-corrected chi connectivity index (χ1v) is 6.95. The van der Waals surface area contributed by atoms with Gasteiger partial charge in [0.2, 0.25) is 0 Å². The largest absolute Gasteiger partial charge is 0.494 e. The Balaban J connectivity index is 2.85. The number of nitrogens with one attached hydrogen (secondary N) is 1. The number of hydrogen-bond acceptors (Lipinski definition) is 4. The molecular formula is C16H23NO4. The Kier molecular flexibility index (Phi) is 5.76. The minimum Gasteiger partial charge on any atom is -0.494 e. The SMILES string of the molecule is CCOc1ccc(C(C=O)NC(=O)OC(C)(C)C)c(C)c1. The molecule has 21 heavy (non-hydrogen) atoms. The van der Waals surface area contributed by atoms with Gasteiger partial charge in [0.05, 0.1) is 6.61 Å². The van der Waals surface area contributed by atoms with Crippen LogP contribution in [0.15, 0.2) is 18.2 Å². The molecule has 0 saturated heterocycles. The molecule has 1 aromatic rings. The first kappa shape index (κ1) is 17.0. The van der Waals surface area contributed by atoms with Gasteiger partial charge in [-0.15, -0.1) is 0 Å². The maximum Gasteiger partial charge on any atom is 0.408 e. The Morgan fingerprint density at radius 1 is 1.38 bits per heavy atom. The summed E-state index contributed by atoms with van der Waals surface area (Å²) in [5.41, 5.74) is 0.985. The fourth-order valence-electron chi connectivity index (χ4n) is 1.87. The predicted molar refractivity (Wildman–Crippen MR) is 80.5 cm³/mol. The van der Waals surface area contributed by atoms with E-state index < -0.39 is 17.7 Å². The van der Waals surface area contributed by atoms with Gasteiger partial charge in [0.25, 0.3) is 0 Å². The number of hydrogen-bond donors (Lipinski definition) is 1. The number of benzene rings is 1. The number of aryl methyl sites for hydroxylation is 1. The lowest BCUT2D eigenvalue weighted by atomic mass is 10.0. The van der Waals surface area contributed by atoms with Gasteiger partial charge in [0.1, 0.15) is 23.7 Å². The molecule has 1 unspecified atom stereocenters. The van der Waals surface area contributed by atoms with Crippen molar-refractivity contribution in [3.05, 3.63) is 29.3 Å². The van der Waals surface area contributed by atoms with Gasteiger partial charge in [-0.3, -0.25) is 0 Å². The minimum atomic E-state index is -0.740. The fraction of sp³-hybridized carbons (Fsp3) is 0.500. The Morgan fingerprint density at radius 2 is 2.05 bits per heavy atom. The number of ether oxygens (including phenoxy) is 2. The van der Waals surface area contributed by atoms with E-state index in [1.54, 1.807) is 32.9 Å². The Bertz CT molecular complexity index is 505. The van der Waals surface area contributed by atoms with Crippen LogP contribution in [0.5, 0.6) is 5.75 Å². The van der Waals surface area contributed by atoms with Gasteiger partial charge in [-0.05, 0) is 57.9 Å². The highest BCUT2D eigenvalue weighted by Crippen LogP contribution is 2.22. The lowest BCUT2D eigenvalue weighted by molar-refractivity contribution is -0.109. The third-order valence-electron chi connectivity index (χ3n) is 2.70. The van der Waals surface area contributed by atoms with Crippen molar-refractivity contribution in [1.29, 1.82) is 0 Å².